The quantitative estimate of drug-likeness (QED) is 0.803. The molecule has 0 amide bonds. The molecule has 1 N–H and O–H groups in total. The second-order valence-corrected chi connectivity index (χ2v) is 9.65. The Morgan fingerprint density at radius 2 is 2.14 bits per heavy atom. The molecule has 7 heteroatoms. The van der Waals surface area contributed by atoms with Crippen LogP contribution in [0.2, 0.25) is 0 Å². The molecule has 1 aromatic heterocycles. The van der Waals surface area contributed by atoms with Crippen LogP contribution in [0.3, 0.4) is 0 Å². The van der Waals surface area contributed by atoms with Gasteiger partial charge in [-0.1, -0.05) is 6.92 Å². The number of hydrogen-bond acceptors (Lipinski definition) is 5. The van der Waals surface area contributed by atoms with E-state index < -0.39 is 10.0 Å². The zero-order valence-corrected chi connectivity index (χ0v) is 15.2. The molecule has 0 unspecified atom stereocenters. The Bertz CT molecular complexity index is 547. The normalized spacial score (nSPS) is 17.8. The fraction of sp³-hybridized carbons (Fsp3) is 0.714. The smallest absolute Gasteiger partial charge is 0.244 e. The third-order valence-corrected chi connectivity index (χ3v) is 7.70. The first kappa shape index (κ1) is 17.3. The molecule has 0 aromatic carbocycles. The molecule has 0 bridgehead atoms. The van der Waals surface area contributed by atoms with Gasteiger partial charge in [0.05, 0.1) is 4.90 Å². The van der Waals surface area contributed by atoms with Gasteiger partial charge in [0.25, 0.3) is 0 Å². The largest absolute Gasteiger partial charge is 0.312 e. The maximum atomic E-state index is 12.8. The van der Waals surface area contributed by atoms with Gasteiger partial charge in [0.15, 0.2) is 0 Å². The summed E-state index contributed by atoms with van der Waals surface area (Å²) in [6.07, 6.45) is 2.03. The van der Waals surface area contributed by atoms with E-state index in [9.17, 15) is 8.42 Å². The Balaban J connectivity index is 2.15. The number of hydrogen-bond donors (Lipinski definition) is 1. The topological polar surface area (TPSA) is 49.4 Å². The van der Waals surface area contributed by atoms with Crippen molar-refractivity contribution in [3.05, 3.63) is 15.8 Å². The molecule has 1 aliphatic heterocycles. The molecular formula is C14H24N2O2S3. The van der Waals surface area contributed by atoms with E-state index >= 15 is 0 Å². The van der Waals surface area contributed by atoms with Crippen LogP contribution in [-0.4, -0.2) is 43.9 Å². The maximum absolute atomic E-state index is 12.8. The van der Waals surface area contributed by atoms with Crippen LogP contribution in [0, 0.1) is 6.92 Å². The number of aryl methyl sites for hydroxylation is 1. The van der Waals surface area contributed by atoms with E-state index in [0.717, 1.165) is 47.2 Å². The van der Waals surface area contributed by atoms with E-state index in [2.05, 4.69) is 12.2 Å². The summed E-state index contributed by atoms with van der Waals surface area (Å²) in [6, 6.07) is 1.86. The van der Waals surface area contributed by atoms with Gasteiger partial charge in [0, 0.05) is 35.1 Å². The molecule has 1 aliphatic rings. The lowest BCUT2D eigenvalue weighted by molar-refractivity contribution is 0.435. The molecule has 2 heterocycles. The van der Waals surface area contributed by atoms with Gasteiger partial charge in [0.2, 0.25) is 10.0 Å². The van der Waals surface area contributed by atoms with Gasteiger partial charge >= 0.3 is 0 Å². The Labute approximate surface area is 136 Å². The molecule has 0 atom stereocenters. The highest BCUT2D eigenvalue weighted by Gasteiger charge is 2.28. The first-order valence-corrected chi connectivity index (χ1v) is 10.8. The number of nitrogens with one attached hydrogen (secondary N) is 1. The standard InChI is InChI=1S/C14H24N2O2S3/c1-3-5-15-11-13-10-14(12(2)20-13)21(17,18)16-6-4-8-19-9-7-16/h10,15H,3-9,11H2,1-2H3. The fourth-order valence-corrected chi connectivity index (χ4v) is 6.41. The summed E-state index contributed by atoms with van der Waals surface area (Å²) in [5.74, 6) is 1.95. The van der Waals surface area contributed by atoms with Crippen molar-refractivity contribution < 1.29 is 8.42 Å². The Morgan fingerprint density at radius 1 is 1.33 bits per heavy atom. The summed E-state index contributed by atoms with van der Waals surface area (Å²) in [7, 11) is -3.32. The summed E-state index contributed by atoms with van der Waals surface area (Å²) in [5.41, 5.74) is 0. The second kappa shape index (κ2) is 7.97. The third kappa shape index (κ3) is 4.45. The van der Waals surface area contributed by atoms with Crippen LogP contribution < -0.4 is 5.32 Å². The predicted octanol–water partition coefficient (Wildman–Crippen LogP) is 2.68. The van der Waals surface area contributed by atoms with Crippen LogP contribution in [0.1, 0.15) is 29.5 Å². The van der Waals surface area contributed by atoms with Crippen molar-refractivity contribution in [2.45, 2.75) is 38.1 Å². The van der Waals surface area contributed by atoms with Gasteiger partial charge in [-0.25, -0.2) is 8.42 Å². The summed E-state index contributed by atoms with van der Waals surface area (Å²) in [4.78, 5) is 2.51. The van der Waals surface area contributed by atoms with E-state index in [4.69, 9.17) is 0 Å². The van der Waals surface area contributed by atoms with Gasteiger partial charge < -0.3 is 5.32 Å². The minimum atomic E-state index is -3.32. The summed E-state index contributed by atoms with van der Waals surface area (Å²) < 4.78 is 27.3. The molecule has 21 heavy (non-hydrogen) atoms. The highest BCUT2D eigenvalue weighted by Crippen LogP contribution is 2.29. The van der Waals surface area contributed by atoms with Crippen LogP contribution in [0.5, 0.6) is 0 Å². The van der Waals surface area contributed by atoms with Crippen molar-refractivity contribution >= 4 is 33.1 Å². The molecule has 120 valence electrons. The van der Waals surface area contributed by atoms with Crippen molar-refractivity contribution in [1.29, 1.82) is 0 Å². The van der Waals surface area contributed by atoms with E-state index in [1.807, 2.05) is 24.8 Å². The number of thioether (sulfide) groups is 1. The van der Waals surface area contributed by atoms with E-state index in [-0.39, 0.29) is 0 Å². The highest BCUT2D eigenvalue weighted by atomic mass is 32.2. The van der Waals surface area contributed by atoms with Gasteiger partial charge in [-0.15, -0.1) is 11.3 Å². The zero-order chi connectivity index (χ0) is 15.3. The van der Waals surface area contributed by atoms with Crippen molar-refractivity contribution in [3.8, 4) is 0 Å². The second-order valence-electron chi connectivity index (χ2n) is 5.18. The third-order valence-electron chi connectivity index (χ3n) is 3.45. The molecule has 4 nitrogen and oxygen atoms in total. The zero-order valence-electron chi connectivity index (χ0n) is 12.7. The van der Waals surface area contributed by atoms with Crippen molar-refractivity contribution in [1.82, 2.24) is 9.62 Å². The Kier molecular flexibility index (Phi) is 6.55. The van der Waals surface area contributed by atoms with Crippen molar-refractivity contribution in [2.24, 2.45) is 0 Å². The first-order valence-electron chi connectivity index (χ1n) is 7.43. The minimum Gasteiger partial charge on any atom is -0.312 e. The molecule has 0 spiro atoms. The van der Waals surface area contributed by atoms with Crippen molar-refractivity contribution in [3.63, 3.8) is 0 Å². The number of thiophene rings is 1. The lowest BCUT2D eigenvalue weighted by Gasteiger charge is -2.19. The van der Waals surface area contributed by atoms with Gasteiger partial charge in [-0.2, -0.15) is 16.1 Å². The summed E-state index contributed by atoms with van der Waals surface area (Å²) >= 11 is 3.43. The Morgan fingerprint density at radius 3 is 2.90 bits per heavy atom. The van der Waals surface area contributed by atoms with Crippen LogP contribution in [0.4, 0.5) is 0 Å². The van der Waals surface area contributed by atoms with Gasteiger partial charge in [-0.3, -0.25) is 0 Å². The maximum Gasteiger partial charge on any atom is 0.244 e. The van der Waals surface area contributed by atoms with Crippen LogP contribution in [-0.2, 0) is 16.6 Å². The monoisotopic (exact) mass is 348 g/mol. The molecule has 1 saturated heterocycles. The molecule has 1 aromatic rings. The van der Waals surface area contributed by atoms with Crippen LogP contribution >= 0.6 is 23.1 Å². The van der Waals surface area contributed by atoms with E-state index in [1.165, 1.54) is 0 Å². The van der Waals surface area contributed by atoms with Crippen LogP contribution in [0.25, 0.3) is 0 Å². The lowest BCUT2D eigenvalue weighted by Crippen LogP contribution is -2.33. The molecule has 0 saturated carbocycles. The van der Waals surface area contributed by atoms with Crippen LogP contribution in [0.15, 0.2) is 11.0 Å². The molecular weight excluding hydrogens is 324 g/mol. The predicted molar refractivity (Wildman–Crippen MR) is 91.8 cm³/mol. The average molecular weight is 349 g/mol. The number of sulfonamides is 1. The Hall–Kier alpha value is -0.0800. The average Bonchev–Trinajstić information content (AvgIpc) is 2.67. The number of nitrogens with zero attached hydrogens (tertiary/aromatic N) is 1. The van der Waals surface area contributed by atoms with E-state index in [0.29, 0.717) is 18.0 Å². The van der Waals surface area contributed by atoms with E-state index in [1.54, 1.807) is 15.6 Å². The molecule has 0 aliphatic carbocycles. The van der Waals surface area contributed by atoms with Gasteiger partial charge in [-0.05, 0) is 38.1 Å². The first-order chi connectivity index (χ1) is 10.1. The van der Waals surface area contributed by atoms with Gasteiger partial charge in [0.1, 0.15) is 0 Å². The molecule has 1 fully saturated rings. The van der Waals surface area contributed by atoms with Crippen molar-refractivity contribution in [2.75, 3.05) is 31.1 Å². The number of rotatable bonds is 6. The molecule has 0 radical (unpaired) electrons. The summed E-state index contributed by atoms with van der Waals surface area (Å²) in [5, 5.41) is 3.33. The summed E-state index contributed by atoms with van der Waals surface area (Å²) in [6.45, 7) is 7.03. The highest BCUT2D eigenvalue weighted by molar-refractivity contribution is 7.99. The lowest BCUT2D eigenvalue weighted by atomic mass is 10.4. The minimum absolute atomic E-state index is 0.507. The SMILES string of the molecule is CCCNCc1cc(S(=O)(=O)N2CCCSCC2)c(C)s1. The fourth-order valence-electron chi connectivity index (χ4n) is 2.36. The molecule has 2 rings (SSSR count).